The first kappa shape index (κ1) is 22.6. The fourth-order valence-electron chi connectivity index (χ4n) is 3.54. The minimum atomic E-state index is -0.0242. The Morgan fingerprint density at radius 2 is 1.91 bits per heavy atom. The van der Waals surface area contributed by atoms with Crippen LogP contribution in [0.15, 0.2) is 82.8 Å². The topological polar surface area (TPSA) is 71.3 Å². The molecule has 34 heavy (non-hydrogen) atoms. The Hall–Kier alpha value is -3.20. The van der Waals surface area contributed by atoms with Crippen LogP contribution in [-0.4, -0.2) is 20.5 Å². The fraction of sp³-hybridized carbons (Fsp3) is 0.0800. The summed E-state index contributed by atoms with van der Waals surface area (Å²) < 4.78 is 2.55. The Labute approximate surface area is 213 Å². The van der Waals surface area contributed by atoms with Crippen LogP contribution < -0.4 is 10.6 Å². The largest absolute Gasteiger partial charge is 0.366 e. The van der Waals surface area contributed by atoms with Gasteiger partial charge in [-0.3, -0.25) is 4.79 Å². The zero-order chi connectivity index (χ0) is 23.5. The van der Waals surface area contributed by atoms with E-state index in [1.807, 2.05) is 72.1 Å². The van der Waals surface area contributed by atoms with Gasteiger partial charge in [-0.15, -0.1) is 11.3 Å². The fourth-order valence-corrected chi connectivity index (χ4v) is 4.83. The van der Waals surface area contributed by atoms with E-state index in [0.717, 1.165) is 37.7 Å². The molecule has 6 nitrogen and oxygen atoms in total. The second kappa shape index (κ2) is 9.97. The Morgan fingerprint density at radius 1 is 1.09 bits per heavy atom. The van der Waals surface area contributed by atoms with Crippen molar-refractivity contribution in [1.82, 2.24) is 14.6 Å². The van der Waals surface area contributed by atoms with Crippen molar-refractivity contribution in [2.24, 2.45) is 0 Å². The van der Waals surface area contributed by atoms with Crippen LogP contribution >= 0.6 is 38.9 Å². The zero-order valence-electron chi connectivity index (χ0n) is 17.8. The normalized spacial score (nSPS) is 11.0. The van der Waals surface area contributed by atoms with E-state index >= 15 is 0 Å². The van der Waals surface area contributed by atoms with Gasteiger partial charge in [-0.05, 0) is 51.1 Å². The SMILES string of the molecule is O=C(Cc1cccs1)Nc1ccc(CNc2cc(-c3ccccc3Cl)nc3c(Br)cnn23)cc1. The van der Waals surface area contributed by atoms with Crippen molar-refractivity contribution < 1.29 is 4.79 Å². The van der Waals surface area contributed by atoms with Crippen LogP contribution in [0, 0.1) is 0 Å². The maximum Gasteiger partial charge on any atom is 0.229 e. The summed E-state index contributed by atoms with van der Waals surface area (Å²) in [7, 11) is 0. The van der Waals surface area contributed by atoms with Gasteiger partial charge in [0, 0.05) is 33.8 Å². The molecule has 0 spiro atoms. The first-order valence-corrected chi connectivity index (χ1v) is 12.6. The third kappa shape index (κ3) is 4.99. The number of fused-ring (bicyclic) bond motifs is 1. The molecule has 0 aliphatic heterocycles. The lowest BCUT2D eigenvalue weighted by atomic mass is 10.1. The van der Waals surface area contributed by atoms with Crippen molar-refractivity contribution in [3.05, 3.63) is 98.2 Å². The van der Waals surface area contributed by atoms with E-state index in [-0.39, 0.29) is 5.91 Å². The second-order valence-electron chi connectivity index (χ2n) is 7.59. The number of thiophene rings is 1. The second-order valence-corrected chi connectivity index (χ2v) is 9.88. The molecule has 0 aliphatic rings. The molecule has 0 fully saturated rings. The average molecular weight is 553 g/mol. The molecule has 0 saturated carbocycles. The maximum atomic E-state index is 12.2. The molecule has 0 aliphatic carbocycles. The lowest BCUT2D eigenvalue weighted by Gasteiger charge is -2.12. The molecule has 1 amide bonds. The molecule has 0 radical (unpaired) electrons. The maximum absolute atomic E-state index is 12.2. The highest BCUT2D eigenvalue weighted by molar-refractivity contribution is 9.10. The van der Waals surface area contributed by atoms with Gasteiger partial charge >= 0.3 is 0 Å². The summed E-state index contributed by atoms with van der Waals surface area (Å²) in [5.74, 6) is 0.766. The number of aromatic nitrogens is 3. The van der Waals surface area contributed by atoms with Crippen LogP contribution in [0.5, 0.6) is 0 Å². The van der Waals surface area contributed by atoms with Gasteiger partial charge in [-0.25, -0.2) is 4.98 Å². The molecule has 0 saturated heterocycles. The number of carbonyl (C=O) groups is 1. The minimum absolute atomic E-state index is 0.0242. The smallest absolute Gasteiger partial charge is 0.229 e. The molecular formula is C25H19BrClN5OS. The molecule has 3 heterocycles. The molecule has 5 rings (SSSR count). The van der Waals surface area contributed by atoms with Crippen LogP contribution in [0.3, 0.4) is 0 Å². The van der Waals surface area contributed by atoms with Gasteiger partial charge < -0.3 is 10.6 Å². The predicted molar refractivity (Wildman–Crippen MR) is 142 cm³/mol. The summed E-state index contributed by atoms with van der Waals surface area (Å²) in [4.78, 5) is 18.0. The summed E-state index contributed by atoms with van der Waals surface area (Å²) in [6.45, 7) is 0.571. The van der Waals surface area contributed by atoms with E-state index in [1.165, 1.54) is 0 Å². The van der Waals surface area contributed by atoms with E-state index in [2.05, 4.69) is 31.7 Å². The average Bonchev–Trinajstić information content (AvgIpc) is 3.48. The number of nitrogens with zero attached hydrogens (tertiary/aromatic N) is 3. The number of halogens is 2. The Kier molecular flexibility index (Phi) is 6.62. The van der Waals surface area contributed by atoms with Crippen molar-refractivity contribution in [2.75, 3.05) is 10.6 Å². The third-order valence-corrected chi connectivity index (χ3v) is 6.97. The lowest BCUT2D eigenvalue weighted by molar-refractivity contribution is -0.115. The quantitative estimate of drug-likeness (QED) is 0.237. The van der Waals surface area contributed by atoms with E-state index in [0.29, 0.717) is 23.6 Å². The number of hydrogen-bond donors (Lipinski definition) is 2. The van der Waals surface area contributed by atoms with Crippen molar-refractivity contribution in [3.8, 4) is 11.3 Å². The Morgan fingerprint density at radius 3 is 2.68 bits per heavy atom. The summed E-state index contributed by atoms with van der Waals surface area (Å²) in [6.07, 6.45) is 2.10. The van der Waals surface area contributed by atoms with Gasteiger partial charge in [0.1, 0.15) is 5.82 Å². The van der Waals surface area contributed by atoms with E-state index < -0.39 is 0 Å². The van der Waals surface area contributed by atoms with Crippen molar-refractivity contribution >= 4 is 61.9 Å². The van der Waals surface area contributed by atoms with Gasteiger partial charge in [0.05, 0.1) is 22.8 Å². The zero-order valence-corrected chi connectivity index (χ0v) is 21.0. The van der Waals surface area contributed by atoms with E-state index in [1.54, 1.807) is 22.0 Å². The molecular weight excluding hydrogens is 534 g/mol. The first-order valence-electron chi connectivity index (χ1n) is 10.5. The summed E-state index contributed by atoms with van der Waals surface area (Å²) >= 11 is 11.5. The molecule has 9 heteroatoms. The number of nitrogens with one attached hydrogen (secondary N) is 2. The van der Waals surface area contributed by atoms with Crippen LogP contribution in [-0.2, 0) is 17.8 Å². The van der Waals surface area contributed by atoms with Crippen molar-refractivity contribution in [3.63, 3.8) is 0 Å². The standard InChI is InChI=1S/C25H19BrClN5OS/c26-20-15-29-32-23(13-22(31-25(20)32)19-5-1-2-6-21(19)27)28-14-16-7-9-17(10-8-16)30-24(33)12-18-4-3-11-34-18/h1-11,13,15,28H,12,14H2,(H,30,33). The highest BCUT2D eigenvalue weighted by Crippen LogP contribution is 2.30. The van der Waals surface area contributed by atoms with Crippen molar-refractivity contribution in [1.29, 1.82) is 0 Å². The molecule has 3 aromatic heterocycles. The molecule has 2 N–H and O–H groups in total. The third-order valence-electron chi connectivity index (χ3n) is 5.20. The first-order chi connectivity index (χ1) is 16.6. The number of rotatable bonds is 7. The van der Waals surface area contributed by atoms with Crippen LogP contribution in [0.1, 0.15) is 10.4 Å². The van der Waals surface area contributed by atoms with Gasteiger partial charge in [0.15, 0.2) is 5.65 Å². The lowest BCUT2D eigenvalue weighted by Crippen LogP contribution is -2.13. The Balaban J connectivity index is 1.32. The van der Waals surface area contributed by atoms with Crippen LogP contribution in [0.25, 0.3) is 16.9 Å². The number of hydrogen-bond acceptors (Lipinski definition) is 5. The Bertz CT molecular complexity index is 1450. The molecule has 5 aromatic rings. The van der Waals surface area contributed by atoms with Gasteiger partial charge in [0.25, 0.3) is 0 Å². The van der Waals surface area contributed by atoms with Gasteiger partial charge in [-0.2, -0.15) is 9.61 Å². The summed E-state index contributed by atoms with van der Waals surface area (Å²) in [5, 5.41) is 13.4. The monoisotopic (exact) mass is 551 g/mol. The van der Waals surface area contributed by atoms with Gasteiger partial charge in [0.2, 0.25) is 5.91 Å². The molecule has 0 unspecified atom stereocenters. The number of amides is 1. The summed E-state index contributed by atoms with van der Waals surface area (Å²) in [5.41, 5.74) is 4.14. The molecule has 170 valence electrons. The number of anilines is 2. The van der Waals surface area contributed by atoms with E-state index in [9.17, 15) is 4.79 Å². The van der Waals surface area contributed by atoms with Crippen LogP contribution in [0.2, 0.25) is 5.02 Å². The predicted octanol–water partition coefficient (Wildman–Crippen LogP) is 6.67. The molecule has 2 aromatic carbocycles. The number of carbonyl (C=O) groups excluding carboxylic acids is 1. The van der Waals surface area contributed by atoms with E-state index in [4.69, 9.17) is 16.6 Å². The van der Waals surface area contributed by atoms with Crippen molar-refractivity contribution in [2.45, 2.75) is 13.0 Å². The highest BCUT2D eigenvalue weighted by Gasteiger charge is 2.13. The highest BCUT2D eigenvalue weighted by atomic mass is 79.9. The number of benzene rings is 2. The molecule has 0 atom stereocenters. The van der Waals surface area contributed by atoms with Gasteiger partial charge in [-0.1, -0.05) is 48.0 Å². The minimum Gasteiger partial charge on any atom is -0.366 e. The van der Waals surface area contributed by atoms with Crippen LogP contribution in [0.4, 0.5) is 11.5 Å². The summed E-state index contributed by atoms with van der Waals surface area (Å²) in [6, 6.07) is 21.3. The molecule has 0 bridgehead atoms.